The average molecular weight is 337 g/mol. The Labute approximate surface area is 121 Å². The molecule has 1 fully saturated rings. The van der Waals surface area contributed by atoms with Crippen molar-refractivity contribution in [1.29, 1.82) is 0 Å². The Morgan fingerprint density at radius 2 is 1.67 bits per heavy atom. The van der Waals surface area contributed by atoms with E-state index in [1.807, 2.05) is 0 Å². The summed E-state index contributed by atoms with van der Waals surface area (Å²) in [5.41, 5.74) is 0. The quantitative estimate of drug-likeness (QED) is 0.693. The van der Waals surface area contributed by atoms with Crippen LogP contribution < -0.4 is 5.32 Å². The molecule has 0 aromatic carbocycles. The molecule has 1 N–H and O–H groups in total. The van der Waals surface area contributed by atoms with Crippen LogP contribution in [0.2, 0.25) is 0 Å². The Morgan fingerprint density at radius 1 is 1.05 bits per heavy atom. The normalized spacial score (nSPS) is 20.9. The molecule has 0 aromatic rings. The van der Waals surface area contributed by atoms with Crippen LogP contribution in [0.5, 0.6) is 0 Å². The molecule has 0 amide bonds. The van der Waals surface area contributed by atoms with E-state index >= 15 is 0 Å². The molecule has 1 rings (SSSR count). The average Bonchev–Trinajstić information content (AvgIpc) is 2.79. The summed E-state index contributed by atoms with van der Waals surface area (Å²) in [5.74, 6) is -5.62. The first kappa shape index (κ1) is 18.6. The minimum Gasteiger partial charge on any atom is -0.314 e. The second kappa shape index (κ2) is 7.21. The summed E-state index contributed by atoms with van der Waals surface area (Å²) in [6.45, 7) is 0.907. The summed E-state index contributed by atoms with van der Waals surface area (Å²) in [5, 5.41) is 3.20. The molecule has 1 saturated heterocycles. The maximum Gasteiger partial charge on any atom is 0.453 e. The molecule has 1 aliphatic heterocycles. The van der Waals surface area contributed by atoms with E-state index in [4.69, 9.17) is 0 Å². The third kappa shape index (κ3) is 6.46. The highest BCUT2D eigenvalue weighted by atomic mass is 32.2. The Morgan fingerprint density at radius 3 is 2.19 bits per heavy atom. The van der Waals surface area contributed by atoms with E-state index in [1.165, 1.54) is 0 Å². The summed E-state index contributed by atoms with van der Waals surface area (Å²) in [6.07, 6.45) is -4.68. The molecule has 9 heteroatoms. The molecule has 3 nitrogen and oxygen atoms in total. The van der Waals surface area contributed by atoms with Crippen molar-refractivity contribution in [3.8, 4) is 0 Å². The molecule has 126 valence electrons. The summed E-state index contributed by atoms with van der Waals surface area (Å²) in [6, 6.07) is 0.287. The van der Waals surface area contributed by atoms with Crippen molar-refractivity contribution in [1.82, 2.24) is 5.32 Å². The van der Waals surface area contributed by atoms with Crippen LogP contribution in [-0.2, 0) is 9.84 Å². The lowest BCUT2D eigenvalue weighted by molar-refractivity contribution is -0.284. The second-order valence-electron chi connectivity index (χ2n) is 5.39. The van der Waals surface area contributed by atoms with E-state index < -0.39 is 40.5 Å². The van der Waals surface area contributed by atoms with Gasteiger partial charge in [-0.2, -0.15) is 22.0 Å². The van der Waals surface area contributed by atoms with Crippen LogP contribution >= 0.6 is 0 Å². The second-order valence-corrected chi connectivity index (χ2v) is 7.70. The van der Waals surface area contributed by atoms with E-state index in [1.54, 1.807) is 0 Å². The SMILES string of the molecule is O=S(=O)(CCC[C@@H]1CCCN1)CCCC(F)(F)C(F)(F)F. The number of rotatable bonds is 8. The number of nitrogens with one attached hydrogen (secondary N) is 1. The fourth-order valence-corrected chi connectivity index (χ4v) is 3.71. The maximum atomic E-state index is 12.6. The van der Waals surface area contributed by atoms with Gasteiger partial charge in [0.05, 0.1) is 11.5 Å². The Balaban J connectivity index is 2.26. The number of alkyl halides is 5. The predicted octanol–water partition coefficient (Wildman–Crippen LogP) is 2.91. The van der Waals surface area contributed by atoms with Crippen LogP contribution in [0.1, 0.15) is 38.5 Å². The maximum absolute atomic E-state index is 12.6. The molecule has 1 atom stereocenters. The van der Waals surface area contributed by atoms with Crippen LogP contribution in [-0.4, -0.2) is 44.6 Å². The van der Waals surface area contributed by atoms with Gasteiger partial charge in [0.2, 0.25) is 0 Å². The van der Waals surface area contributed by atoms with Gasteiger partial charge in [0.15, 0.2) is 0 Å². The molecule has 0 bridgehead atoms. The van der Waals surface area contributed by atoms with Gasteiger partial charge >= 0.3 is 12.1 Å². The van der Waals surface area contributed by atoms with Gasteiger partial charge in [-0.1, -0.05) is 0 Å². The smallest absolute Gasteiger partial charge is 0.314 e. The van der Waals surface area contributed by atoms with Gasteiger partial charge in [-0.05, 0) is 38.6 Å². The van der Waals surface area contributed by atoms with Crippen molar-refractivity contribution in [3.63, 3.8) is 0 Å². The third-order valence-electron chi connectivity index (χ3n) is 3.53. The van der Waals surface area contributed by atoms with Crippen LogP contribution in [0.3, 0.4) is 0 Å². The molecule has 0 unspecified atom stereocenters. The minimum atomic E-state index is -5.62. The number of halogens is 5. The van der Waals surface area contributed by atoms with Gasteiger partial charge in [-0.15, -0.1) is 0 Å². The van der Waals surface area contributed by atoms with Crippen LogP contribution in [0.25, 0.3) is 0 Å². The lowest BCUT2D eigenvalue weighted by Crippen LogP contribution is -2.36. The Kier molecular flexibility index (Phi) is 6.39. The van der Waals surface area contributed by atoms with Crippen LogP contribution in [0.15, 0.2) is 0 Å². The number of sulfone groups is 1. The summed E-state index contributed by atoms with van der Waals surface area (Å²) < 4.78 is 84.2. The lowest BCUT2D eigenvalue weighted by Gasteiger charge is -2.19. The molecular weight excluding hydrogens is 317 g/mol. The zero-order chi connectivity index (χ0) is 16.1. The Hall–Kier alpha value is -0.440. The summed E-state index contributed by atoms with van der Waals surface area (Å²) >= 11 is 0. The van der Waals surface area contributed by atoms with E-state index in [0.29, 0.717) is 12.8 Å². The first-order chi connectivity index (χ1) is 9.54. The molecule has 0 aliphatic carbocycles. The molecule has 1 heterocycles. The van der Waals surface area contributed by atoms with Gasteiger partial charge in [-0.3, -0.25) is 0 Å². The zero-order valence-electron chi connectivity index (χ0n) is 11.6. The van der Waals surface area contributed by atoms with Gasteiger partial charge in [-0.25, -0.2) is 8.42 Å². The van der Waals surface area contributed by atoms with Crippen molar-refractivity contribution in [2.75, 3.05) is 18.1 Å². The van der Waals surface area contributed by atoms with Gasteiger partial charge in [0.25, 0.3) is 0 Å². The van der Waals surface area contributed by atoms with Gasteiger partial charge in [0, 0.05) is 12.5 Å². The molecular formula is C12H20F5NO2S. The summed E-state index contributed by atoms with van der Waals surface area (Å²) in [4.78, 5) is 0. The first-order valence-corrected chi connectivity index (χ1v) is 8.74. The van der Waals surface area contributed by atoms with Crippen molar-refractivity contribution in [2.45, 2.75) is 56.7 Å². The van der Waals surface area contributed by atoms with Crippen molar-refractivity contribution < 1.29 is 30.4 Å². The van der Waals surface area contributed by atoms with E-state index in [-0.39, 0.29) is 11.8 Å². The van der Waals surface area contributed by atoms with E-state index in [9.17, 15) is 30.4 Å². The topological polar surface area (TPSA) is 46.2 Å². The van der Waals surface area contributed by atoms with Crippen molar-refractivity contribution in [3.05, 3.63) is 0 Å². The van der Waals surface area contributed by atoms with Crippen LogP contribution in [0, 0.1) is 0 Å². The number of hydrogen-bond acceptors (Lipinski definition) is 3. The molecule has 0 aromatic heterocycles. The highest BCUT2D eigenvalue weighted by Crippen LogP contribution is 2.38. The monoisotopic (exact) mass is 337 g/mol. The number of hydrogen-bond donors (Lipinski definition) is 1. The fraction of sp³-hybridized carbons (Fsp3) is 1.00. The third-order valence-corrected chi connectivity index (χ3v) is 5.35. The summed E-state index contributed by atoms with van der Waals surface area (Å²) in [7, 11) is -3.57. The largest absolute Gasteiger partial charge is 0.453 e. The highest BCUT2D eigenvalue weighted by molar-refractivity contribution is 7.91. The van der Waals surface area contributed by atoms with Crippen molar-refractivity contribution in [2.24, 2.45) is 0 Å². The molecule has 1 aliphatic rings. The van der Waals surface area contributed by atoms with Crippen molar-refractivity contribution >= 4 is 9.84 Å². The van der Waals surface area contributed by atoms with E-state index in [0.717, 1.165) is 19.4 Å². The highest BCUT2D eigenvalue weighted by Gasteiger charge is 2.56. The predicted molar refractivity (Wildman–Crippen MR) is 69.1 cm³/mol. The molecule has 0 spiro atoms. The lowest BCUT2D eigenvalue weighted by atomic mass is 10.1. The molecule has 21 heavy (non-hydrogen) atoms. The molecule has 0 saturated carbocycles. The van der Waals surface area contributed by atoms with Gasteiger partial charge < -0.3 is 5.32 Å². The minimum absolute atomic E-state index is 0.164. The standard InChI is InChI=1S/C12H20F5NO2S/c13-11(14,12(15,16)17)6-3-9-21(19,20)8-2-5-10-4-1-7-18-10/h10,18H,1-9H2/t10-/m0/s1. The zero-order valence-corrected chi connectivity index (χ0v) is 12.4. The van der Waals surface area contributed by atoms with Gasteiger partial charge in [0.1, 0.15) is 9.84 Å². The fourth-order valence-electron chi connectivity index (χ4n) is 2.31. The van der Waals surface area contributed by atoms with Crippen LogP contribution in [0.4, 0.5) is 22.0 Å². The Bertz CT molecular complexity index is 416. The van der Waals surface area contributed by atoms with E-state index in [2.05, 4.69) is 5.32 Å². The first-order valence-electron chi connectivity index (χ1n) is 6.92. The molecule has 0 radical (unpaired) electrons.